The van der Waals surface area contributed by atoms with Crippen molar-refractivity contribution in [1.29, 1.82) is 0 Å². The van der Waals surface area contributed by atoms with Crippen LogP contribution < -0.4 is 20.9 Å². The third-order valence-corrected chi connectivity index (χ3v) is 6.44. The van der Waals surface area contributed by atoms with Crippen LogP contribution in [0.3, 0.4) is 0 Å². The number of halogens is 1. The Bertz CT molecular complexity index is 1070. The second kappa shape index (κ2) is 7.60. The molecule has 0 saturated heterocycles. The molecular weight excluding hydrogens is 499 g/mol. The summed E-state index contributed by atoms with van der Waals surface area (Å²) in [6.07, 6.45) is 1.57. The number of ether oxygens (including phenoxy) is 2. The van der Waals surface area contributed by atoms with Crippen LogP contribution in [-0.4, -0.2) is 43.4 Å². The van der Waals surface area contributed by atoms with Crippen molar-refractivity contribution in [3.05, 3.63) is 22.0 Å². The molecule has 0 fully saturated rings. The number of rotatable bonds is 6. The van der Waals surface area contributed by atoms with Crippen molar-refractivity contribution < 1.29 is 19.4 Å². The van der Waals surface area contributed by atoms with E-state index in [4.69, 9.17) is 26.0 Å². The van der Waals surface area contributed by atoms with E-state index < -0.39 is 12.0 Å². The molecule has 10 nitrogen and oxygen atoms in total. The first-order valence-electron chi connectivity index (χ1n) is 8.16. The fraction of sp³-hybridized carbons (Fsp3) is 0.250. The van der Waals surface area contributed by atoms with Crippen molar-refractivity contribution >= 4 is 57.3 Å². The van der Waals surface area contributed by atoms with E-state index in [9.17, 15) is 4.79 Å². The minimum atomic E-state index is -1.06. The van der Waals surface area contributed by atoms with E-state index >= 15 is 0 Å². The number of carbonyl (C=O) groups is 1. The molecule has 1 aliphatic heterocycles. The SMILES string of the molecule is Nc1ncnc2c1nc(Sc1cc3c(cc1I)OCO3)n2CCC(N)C(=O)O. The van der Waals surface area contributed by atoms with E-state index in [1.54, 1.807) is 0 Å². The predicted octanol–water partition coefficient (Wildman–Crippen LogP) is 1.70. The van der Waals surface area contributed by atoms with Gasteiger partial charge >= 0.3 is 5.97 Å². The van der Waals surface area contributed by atoms with E-state index in [0.717, 1.165) is 8.47 Å². The number of nitrogens with two attached hydrogens (primary N) is 2. The van der Waals surface area contributed by atoms with Crippen LogP contribution >= 0.6 is 34.4 Å². The Balaban J connectivity index is 1.73. The lowest BCUT2D eigenvalue weighted by molar-refractivity contribution is -0.138. The van der Waals surface area contributed by atoms with Gasteiger partial charge in [0, 0.05) is 15.0 Å². The van der Waals surface area contributed by atoms with Gasteiger partial charge in [0.05, 0.1) is 0 Å². The van der Waals surface area contributed by atoms with Crippen LogP contribution in [-0.2, 0) is 11.3 Å². The van der Waals surface area contributed by atoms with Crippen molar-refractivity contribution in [2.45, 2.75) is 29.1 Å². The number of aromatic nitrogens is 4. The minimum Gasteiger partial charge on any atom is -0.480 e. The van der Waals surface area contributed by atoms with E-state index in [0.29, 0.717) is 34.4 Å². The molecule has 0 saturated carbocycles. The number of nitrogens with zero attached hydrogens (tertiary/aromatic N) is 4. The molecule has 2 aromatic heterocycles. The molecule has 0 spiro atoms. The number of anilines is 1. The fourth-order valence-corrected chi connectivity index (χ4v) is 4.39. The van der Waals surface area contributed by atoms with Crippen LogP contribution in [0.4, 0.5) is 5.82 Å². The van der Waals surface area contributed by atoms with Gasteiger partial charge in [0.1, 0.15) is 12.4 Å². The predicted molar refractivity (Wildman–Crippen MR) is 109 cm³/mol. The third kappa shape index (κ3) is 3.54. The van der Waals surface area contributed by atoms with Gasteiger partial charge in [0.2, 0.25) is 6.79 Å². The molecule has 1 unspecified atom stereocenters. The number of benzene rings is 1. The standard InChI is InChI=1S/C16H15IN6O4S/c17-7-3-9-10(27-6-26-9)4-11(7)28-16-22-12-13(19)20-5-21-14(12)23(16)2-1-8(18)15(24)25/h3-5,8H,1-2,6,18H2,(H,24,25)(H2,19,20,21). The largest absolute Gasteiger partial charge is 0.480 e. The summed E-state index contributed by atoms with van der Waals surface area (Å²) < 4.78 is 13.6. The molecule has 0 amide bonds. The molecule has 1 aromatic carbocycles. The molecule has 0 aliphatic carbocycles. The van der Waals surface area contributed by atoms with E-state index in [2.05, 4.69) is 37.5 Å². The number of hydrogen-bond donors (Lipinski definition) is 3. The van der Waals surface area contributed by atoms with Crippen molar-refractivity contribution in [2.24, 2.45) is 5.73 Å². The van der Waals surface area contributed by atoms with Gasteiger partial charge in [0.15, 0.2) is 33.6 Å². The fourth-order valence-electron chi connectivity index (χ4n) is 2.68. The zero-order chi connectivity index (χ0) is 19.8. The quantitative estimate of drug-likeness (QED) is 0.415. The Morgan fingerprint density at radius 2 is 2.11 bits per heavy atom. The maximum absolute atomic E-state index is 11.1. The van der Waals surface area contributed by atoms with Crippen LogP contribution in [0.1, 0.15) is 6.42 Å². The lowest BCUT2D eigenvalue weighted by atomic mass is 10.2. The first-order valence-corrected chi connectivity index (χ1v) is 10.1. The van der Waals surface area contributed by atoms with Crippen LogP contribution in [0.15, 0.2) is 28.5 Å². The van der Waals surface area contributed by atoms with Crippen LogP contribution in [0.25, 0.3) is 11.2 Å². The van der Waals surface area contributed by atoms with Gasteiger partial charge in [0.25, 0.3) is 0 Å². The summed E-state index contributed by atoms with van der Waals surface area (Å²) in [6, 6.07) is 2.80. The van der Waals surface area contributed by atoms with Gasteiger partial charge in [-0.3, -0.25) is 4.79 Å². The normalized spacial score (nSPS) is 13.8. The molecule has 1 aliphatic rings. The topological polar surface area (TPSA) is 151 Å². The lowest BCUT2D eigenvalue weighted by Gasteiger charge is -2.11. The Kier molecular flexibility index (Phi) is 5.16. The highest BCUT2D eigenvalue weighted by atomic mass is 127. The smallest absolute Gasteiger partial charge is 0.320 e. The van der Waals surface area contributed by atoms with Crippen LogP contribution in [0.5, 0.6) is 11.5 Å². The van der Waals surface area contributed by atoms with Crippen molar-refractivity contribution in [3.8, 4) is 11.5 Å². The minimum absolute atomic E-state index is 0.192. The molecule has 0 bridgehead atoms. The highest BCUT2D eigenvalue weighted by Crippen LogP contribution is 2.41. The number of carboxylic acid groups (broad SMARTS) is 1. The van der Waals surface area contributed by atoms with Gasteiger partial charge in [-0.1, -0.05) is 11.8 Å². The number of imidazole rings is 1. The van der Waals surface area contributed by atoms with Gasteiger partial charge in [-0.25, -0.2) is 15.0 Å². The average molecular weight is 514 g/mol. The summed E-state index contributed by atoms with van der Waals surface area (Å²) in [5.41, 5.74) is 12.6. The van der Waals surface area contributed by atoms with Gasteiger partial charge < -0.3 is 30.6 Å². The molecule has 28 heavy (non-hydrogen) atoms. The number of fused-ring (bicyclic) bond motifs is 2. The van der Waals surface area contributed by atoms with Crippen molar-refractivity contribution in [1.82, 2.24) is 19.5 Å². The molecule has 3 aromatic rings. The summed E-state index contributed by atoms with van der Waals surface area (Å²) in [5.74, 6) is 0.564. The second-order valence-electron chi connectivity index (χ2n) is 5.95. The number of aryl methyl sites for hydroxylation is 1. The summed E-state index contributed by atoms with van der Waals surface area (Å²) >= 11 is 3.61. The zero-order valence-electron chi connectivity index (χ0n) is 14.3. The number of nitrogen functional groups attached to an aromatic ring is 1. The third-order valence-electron chi connectivity index (χ3n) is 4.13. The number of carboxylic acids is 1. The summed E-state index contributed by atoms with van der Waals surface area (Å²) in [6.45, 7) is 0.515. The molecule has 4 rings (SSSR count). The first kappa shape index (κ1) is 19.0. The maximum atomic E-state index is 11.1. The molecular formula is C16H15IN6O4S. The van der Waals surface area contributed by atoms with Crippen LogP contribution in [0, 0.1) is 3.57 Å². The molecule has 12 heteroatoms. The number of hydrogen-bond acceptors (Lipinski definition) is 9. The van der Waals surface area contributed by atoms with Gasteiger partial charge in [-0.05, 0) is 41.1 Å². The molecule has 3 heterocycles. The van der Waals surface area contributed by atoms with E-state index in [-0.39, 0.29) is 19.0 Å². The van der Waals surface area contributed by atoms with E-state index in [1.807, 2.05) is 16.7 Å². The van der Waals surface area contributed by atoms with E-state index in [1.165, 1.54) is 18.1 Å². The van der Waals surface area contributed by atoms with Crippen LogP contribution in [0.2, 0.25) is 0 Å². The Morgan fingerprint density at radius 3 is 2.86 bits per heavy atom. The second-order valence-corrected chi connectivity index (χ2v) is 8.12. The average Bonchev–Trinajstić information content (AvgIpc) is 3.24. The van der Waals surface area contributed by atoms with Crippen molar-refractivity contribution in [2.75, 3.05) is 12.5 Å². The summed E-state index contributed by atoms with van der Waals surface area (Å²) in [7, 11) is 0. The summed E-state index contributed by atoms with van der Waals surface area (Å²) in [4.78, 5) is 24.8. The monoisotopic (exact) mass is 514 g/mol. The Hall–Kier alpha value is -2.32. The molecule has 1 atom stereocenters. The molecule has 5 N–H and O–H groups in total. The zero-order valence-corrected chi connectivity index (χ0v) is 17.3. The van der Waals surface area contributed by atoms with Gasteiger partial charge in [-0.15, -0.1) is 0 Å². The highest BCUT2D eigenvalue weighted by Gasteiger charge is 2.21. The van der Waals surface area contributed by atoms with Gasteiger partial charge in [-0.2, -0.15) is 0 Å². The van der Waals surface area contributed by atoms with Crippen molar-refractivity contribution in [3.63, 3.8) is 0 Å². The Morgan fingerprint density at radius 1 is 1.36 bits per heavy atom. The number of aliphatic carboxylic acids is 1. The first-order chi connectivity index (χ1) is 13.4. The summed E-state index contributed by atoms with van der Waals surface area (Å²) in [5, 5.41) is 9.68. The Labute approximate surface area is 176 Å². The maximum Gasteiger partial charge on any atom is 0.320 e. The lowest BCUT2D eigenvalue weighted by Crippen LogP contribution is -2.31. The molecule has 0 radical (unpaired) electrons. The highest BCUT2D eigenvalue weighted by molar-refractivity contribution is 14.1. The molecule has 146 valence electrons.